The maximum absolute atomic E-state index is 13.7. The molecule has 3 nitrogen and oxygen atoms in total. The first-order chi connectivity index (χ1) is 9.18. The van der Waals surface area contributed by atoms with Crippen LogP contribution < -0.4 is 5.32 Å². The maximum atomic E-state index is 13.7. The van der Waals surface area contributed by atoms with E-state index in [1.165, 1.54) is 6.07 Å². The first-order valence-electron chi connectivity index (χ1n) is 6.80. The number of halogens is 4. The van der Waals surface area contributed by atoms with Crippen LogP contribution in [0.25, 0.3) is 0 Å². The minimum Gasteiger partial charge on any atom is -0.505 e. The van der Waals surface area contributed by atoms with Gasteiger partial charge >= 0.3 is 0 Å². The number of rotatable bonds is 3. The molecule has 1 saturated carbocycles. The van der Waals surface area contributed by atoms with E-state index in [2.05, 4.69) is 26.1 Å². The highest BCUT2D eigenvalue weighted by Gasteiger charge is 2.39. The Labute approximate surface area is 145 Å². The minimum absolute atomic E-state index is 0. The van der Waals surface area contributed by atoms with Crippen LogP contribution in [-0.2, 0) is 0 Å². The zero-order valence-corrected chi connectivity index (χ0v) is 14.7. The Morgan fingerprint density at radius 1 is 1.24 bits per heavy atom. The van der Waals surface area contributed by atoms with E-state index in [1.807, 2.05) is 0 Å². The second-order valence-electron chi connectivity index (χ2n) is 5.36. The van der Waals surface area contributed by atoms with Crippen LogP contribution in [0, 0.1) is 11.7 Å². The highest BCUT2D eigenvalue weighted by atomic mass is 79.9. The molecule has 1 aromatic rings. The summed E-state index contributed by atoms with van der Waals surface area (Å²) in [6.45, 7) is 3.81. The van der Waals surface area contributed by atoms with Gasteiger partial charge in [-0.3, -0.25) is 4.90 Å². The van der Waals surface area contributed by atoms with E-state index in [4.69, 9.17) is 0 Å². The lowest BCUT2D eigenvalue weighted by molar-refractivity contribution is 0.152. The van der Waals surface area contributed by atoms with Crippen molar-refractivity contribution in [2.75, 3.05) is 26.2 Å². The van der Waals surface area contributed by atoms with Gasteiger partial charge in [-0.25, -0.2) is 4.39 Å². The summed E-state index contributed by atoms with van der Waals surface area (Å²) >= 11 is 3.48. The van der Waals surface area contributed by atoms with Gasteiger partial charge in [0.1, 0.15) is 0 Å². The van der Waals surface area contributed by atoms with Crippen molar-refractivity contribution >= 4 is 40.7 Å². The fraction of sp³-hybridized carbons (Fsp3) is 0.571. The largest absolute Gasteiger partial charge is 0.505 e. The number of aromatic hydroxyl groups is 1. The third-order valence-electron chi connectivity index (χ3n) is 4.02. The summed E-state index contributed by atoms with van der Waals surface area (Å²) < 4.78 is 14.5. The van der Waals surface area contributed by atoms with Gasteiger partial charge in [0, 0.05) is 42.3 Å². The molecule has 1 atom stereocenters. The molecule has 1 saturated heterocycles. The lowest BCUT2D eigenvalue weighted by Gasteiger charge is -2.36. The molecule has 0 amide bonds. The molecule has 7 heteroatoms. The standard InChI is InChI=1S/C14H18BrFN2O.2ClH/c15-10-3-4-11(16)14(19)12(10)13(9-1-2-9)18-7-5-17-6-8-18;;/h3-4,9,13,17,19H,1-2,5-8H2;2*1H/t13-;;/m1../s1. The SMILES string of the molecule is Cl.Cl.Oc1c(F)ccc(Br)c1[C@@H](C1CC1)N1CCNCC1. The molecule has 0 unspecified atom stereocenters. The summed E-state index contributed by atoms with van der Waals surface area (Å²) in [7, 11) is 0. The molecule has 0 spiro atoms. The summed E-state index contributed by atoms with van der Waals surface area (Å²) in [6, 6.07) is 3.14. The maximum Gasteiger partial charge on any atom is 0.165 e. The number of benzene rings is 1. The first-order valence-corrected chi connectivity index (χ1v) is 7.59. The Morgan fingerprint density at radius 2 is 1.86 bits per heavy atom. The van der Waals surface area contributed by atoms with Crippen LogP contribution >= 0.6 is 40.7 Å². The van der Waals surface area contributed by atoms with E-state index in [0.717, 1.165) is 49.1 Å². The van der Waals surface area contributed by atoms with Gasteiger partial charge < -0.3 is 10.4 Å². The van der Waals surface area contributed by atoms with E-state index in [9.17, 15) is 9.50 Å². The van der Waals surface area contributed by atoms with Crippen molar-refractivity contribution in [2.24, 2.45) is 5.92 Å². The Hall–Kier alpha value is -0.0700. The number of nitrogens with one attached hydrogen (secondary N) is 1. The molecule has 120 valence electrons. The average Bonchev–Trinajstić information content (AvgIpc) is 3.24. The van der Waals surface area contributed by atoms with Gasteiger partial charge in [0.05, 0.1) is 0 Å². The van der Waals surface area contributed by atoms with Crippen molar-refractivity contribution in [3.8, 4) is 5.75 Å². The number of hydrogen-bond acceptors (Lipinski definition) is 3. The molecule has 1 aliphatic carbocycles. The number of piperazine rings is 1. The van der Waals surface area contributed by atoms with E-state index in [0.29, 0.717) is 5.92 Å². The molecule has 21 heavy (non-hydrogen) atoms. The molecule has 0 radical (unpaired) electrons. The predicted molar refractivity (Wildman–Crippen MR) is 90.2 cm³/mol. The highest BCUT2D eigenvalue weighted by molar-refractivity contribution is 9.10. The molecule has 0 aromatic heterocycles. The zero-order chi connectivity index (χ0) is 13.4. The van der Waals surface area contributed by atoms with Crippen molar-refractivity contribution in [1.29, 1.82) is 0 Å². The zero-order valence-electron chi connectivity index (χ0n) is 11.5. The van der Waals surface area contributed by atoms with Gasteiger partial charge in [0.15, 0.2) is 11.6 Å². The number of nitrogens with zero attached hydrogens (tertiary/aromatic N) is 1. The van der Waals surface area contributed by atoms with Crippen LogP contribution in [0.5, 0.6) is 5.75 Å². The van der Waals surface area contributed by atoms with Gasteiger partial charge in [-0.15, -0.1) is 24.8 Å². The molecule has 3 rings (SSSR count). The molecule has 1 aromatic carbocycles. The lowest BCUT2D eigenvalue weighted by Crippen LogP contribution is -2.45. The molecule has 2 N–H and O–H groups in total. The summed E-state index contributed by atoms with van der Waals surface area (Å²) in [6.07, 6.45) is 2.33. The fourth-order valence-electron chi connectivity index (χ4n) is 2.93. The van der Waals surface area contributed by atoms with Gasteiger partial charge in [0.2, 0.25) is 0 Å². The van der Waals surface area contributed by atoms with Crippen molar-refractivity contribution in [3.63, 3.8) is 0 Å². The van der Waals surface area contributed by atoms with Crippen molar-refractivity contribution < 1.29 is 9.50 Å². The minimum atomic E-state index is -0.529. The van der Waals surface area contributed by atoms with Crippen molar-refractivity contribution in [2.45, 2.75) is 18.9 Å². The van der Waals surface area contributed by atoms with Crippen molar-refractivity contribution in [1.82, 2.24) is 10.2 Å². The van der Waals surface area contributed by atoms with E-state index >= 15 is 0 Å². The summed E-state index contributed by atoms with van der Waals surface area (Å²) in [5.74, 6) is -0.175. The predicted octanol–water partition coefficient (Wildman–Crippen LogP) is 3.49. The Balaban J connectivity index is 0.00000110. The third kappa shape index (κ3) is 4.02. The van der Waals surface area contributed by atoms with E-state index < -0.39 is 5.82 Å². The van der Waals surface area contributed by atoms with Crippen LogP contribution in [-0.4, -0.2) is 36.2 Å². The third-order valence-corrected chi connectivity index (χ3v) is 4.72. The van der Waals surface area contributed by atoms with Crippen LogP contribution in [0.4, 0.5) is 4.39 Å². The average molecular weight is 402 g/mol. The lowest BCUT2D eigenvalue weighted by atomic mass is 9.98. The Bertz CT molecular complexity index is 482. The number of phenols is 1. The van der Waals surface area contributed by atoms with Crippen molar-refractivity contribution in [3.05, 3.63) is 28.0 Å². The number of hydrogen-bond donors (Lipinski definition) is 2. The normalized spacial score (nSPS) is 20.3. The van der Waals surface area contributed by atoms with Crippen LogP contribution in [0.15, 0.2) is 16.6 Å². The monoisotopic (exact) mass is 400 g/mol. The molecule has 0 bridgehead atoms. The van der Waals surface area contributed by atoms with Gasteiger partial charge in [-0.1, -0.05) is 15.9 Å². The van der Waals surface area contributed by atoms with Crippen LogP contribution in [0.3, 0.4) is 0 Å². The summed E-state index contributed by atoms with van der Waals surface area (Å²) in [5.41, 5.74) is 0.726. The van der Waals surface area contributed by atoms with Crippen LogP contribution in [0.2, 0.25) is 0 Å². The smallest absolute Gasteiger partial charge is 0.165 e. The first kappa shape index (κ1) is 19.0. The Kier molecular flexibility index (Phi) is 7.20. The molecule has 2 aliphatic rings. The highest BCUT2D eigenvalue weighted by Crippen LogP contribution is 2.49. The quantitative estimate of drug-likeness (QED) is 0.813. The second-order valence-corrected chi connectivity index (χ2v) is 6.21. The topological polar surface area (TPSA) is 35.5 Å². The summed E-state index contributed by atoms with van der Waals surface area (Å²) in [4.78, 5) is 2.37. The summed E-state index contributed by atoms with van der Waals surface area (Å²) in [5, 5.41) is 13.4. The van der Waals surface area contributed by atoms with Gasteiger partial charge in [-0.05, 0) is 30.9 Å². The van der Waals surface area contributed by atoms with Gasteiger partial charge in [-0.2, -0.15) is 0 Å². The van der Waals surface area contributed by atoms with Gasteiger partial charge in [0.25, 0.3) is 0 Å². The second kappa shape index (κ2) is 7.97. The molecule has 2 fully saturated rings. The number of phenolic OH excluding ortho intramolecular Hbond substituents is 1. The van der Waals surface area contributed by atoms with E-state index in [-0.39, 0.29) is 36.6 Å². The van der Waals surface area contributed by atoms with E-state index in [1.54, 1.807) is 6.07 Å². The van der Waals surface area contributed by atoms with Crippen LogP contribution in [0.1, 0.15) is 24.4 Å². The molecule has 1 heterocycles. The molecular weight excluding hydrogens is 382 g/mol. The Morgan fingerprint density at radius 3 is 2.43 bits per heavy atom. The molecular formula is C14H20BrCl2FN2O. The molecule has 1 aliphatic heterocycles. The fourth-order valence-corrected chi connectivity index (χ4v) is 3.48.